The van der Waals surface area contributed by atoms with Gasteiger partial charge < -0.3 is 4.79 Å². The van der Waals surface area contributed by atoms with E-state index in [4.69, 9.17) is 0 Å². The van der Waals surface area contributed by atoms with Gasteiger partial charge in [-0.2, -0.15) is 0 Å². The van der Waals surface area contributed by atoms with E-state index in [-0.39, 0.29) is 5.25 Å². The van der Waals surface area contributed by atoms with E-state index in [0.29, 0.717) is 0 Å². The van der Waals surface area contributed by atoms with Crippen LogP contribution in [0.5, 0.6) is 0 Å². The Balaban J connectivity index is 2.69. The number of carbonyl (C=O) groups is 1. The topological polar surface area (TPSA) is 17.1 Å². The fraction of sp³-hybridized carbons (Fsp3) is 0.222. The summed E-state index contributed by atoms with van der Waals surface area (Å²) >= 11 is 4.93. The van der Waals surface area contributed by atoms with Crippen molar-refractivity contribution in [3.8, 4) is 0 Å². The second-order valence-corrected chi connectivity index (χ2v) is 4.78. The monoisotopic (exact) mass is 244 g/mol. The van der Waals surface area contributed by atoms with Gasteiger partial charge in [0.15, 0.2) is 0 Å². The van der Waals surface area contributed by atoms with Crippen molar-refractivity contribution in [1.29, 1.82) is 0 Å². The van der Waals surface area contributed by atoms with Gasteiger partial charge in [-0.15, -0.1) is 11.8 Å². The molecule has 0 fully saturated rings. The summed E-state index contributed by atoms with van der Waals surface area (Å²) < 4.78 is 1.05. The summed E-state index contributed by atoms with van der Waals surface area (Å²) in [5.41, 5.74) is 0. The van der Waals surface area contributed by atoms with Gasteiger partial charge in [0.2, 0.25) is 0 Å². The Morgan fingerprint density at radius 3 is 2.92 bits per heavy atom. The molecule has 12 heavy (non-hydrogen) atoms. The van der Waals surface area contributed by atoms with Crippen LogP contribution in [0.2, 0.25) is 0 Å². The van der Waals surface area contributed by atoms with Crippen LogP contribution >= 0.6 is 27.7 Å². The first-order chi connectivity index (χ1) is 5.72. The third-order valence-electron chi connectivity index (χ3n) is 1.31. The Kier molecular flexibility index (Phi) is 3.82. The average molecular weight is 245 g/mol. The highest BCUT2D eigenvalue weighted by molar-refractivity contribution is 9.10. The number of hydrogen-bond donors (Lipinski definition) is 0. The Bertz CT molecular complexity index is 275. The number of halogens is 1. The van der Waals surface area contributed by atoms with Gasteiger partial charge in [0.1, 0.15) is 6.29 Å². The zero-order valence-corrected chi connectivity index (χ0v) is 9.06. The van der Waals surface area contributed by atoms with Gasteiger partial charge in [0.25, 0.3) is 0 Å². The summed E-state index contributed by atoms with van der Waals surface area (Å²) in [5.74, 6) is 0. The molecule has 0 amide bonds. The van der Waals surface area contributed by atoms with Crippen molar-refractivity contribution in [2.75, 3.05) is 0 Å². The maximum absolute atomic E-state index is 10.4. The van der Waals surface area contributed by atoms with Crippen molar-refractivity contribution in [1.82, 2.24) is 0 Å². The second kappa shape index (κ2) is 4.67. The highest BCUT2D eigenvalue weighted by atomic mass is 79.9. The molecule has 0 N–H and O–H groups in total. The molecule has 0 aromatic heterocycles. The molecule has 0 aliphatic heterocycles. The molecule has 0 bridgehead atoms. The molecule has 1 atom stereocenters. The second-order valence-electron chi connectivity index (χ2n) is 2.42. The minimum Gasteiger partial charge on any atom is -0.302 e. The predicted molar refractivity (Wildman–Crippen MR) is 55.5 cm³/mol. The van der Waals surface area contributed by atoms with Crippen LogP contribution in [0.15, 0.2) is 33.6 Å². The van der Waals surface area contributed by atoms with E-state index in [1.165, 1.54) is 0 Å². The Hall–Kier alpha value is -0.280. The lowest BCUT2D eigenvalue weighted by Gasteiger charge is -2.02. The summed E-state index contributed by atoms with van der Waals surface area (Å²) in [6.07, 6.45) is 0.950. The molecule has 0 spiro atoms. The van der Waals surface area contributed by atoms with Crippen molar-refractivity contribution in [3.05, 3.63) is 28.7 Å². The largest absolute Gasteiger partial charge is 0.302 e. The van der Waals surface area contributed by atoms with Crippen molar-refractivity contribution < 1.29 is 4.79 Å². The highest BCUT2D eigenvalue weighted by Gasteiger charge is 2.01. The Labute approximate surface area is 84.7 Å². The molecule has 0 radical (unpaired) electrons. The predicted octanol–water partition coefficient (Wildman–Crippen LogP) is 3.13. The van der Waals surface area contributed by atoms with Gasteiger partial charge in [-0.05, 0) is 25.1 Å². The van der Waals surface area contributed by atoms with Crippen molar-refractivity contribution in [3.63, 3.8) is 0 Å². The quantitative estimate of drug-likeness (QED) is 0.601. The van der Waals surface area contributed by atoms with Crippen LogP contribution in [0, 0.1) is 0 Å². The lowest BCUT2D eigenvalue weighted by atomic mass is 10.4. The van der Waals surface area contributed by atoms with Crippen LogP contribution in [0.1, 0.15) is 6.92 Å². The van der Waals surface area contributed by atoms with Crippen molar-refractivity contribution in [2.24, 2.45) is 0 Å². The summed E-state index contributed by atoms with van der Waals surface area (Å²) in [6, 6.07) is 7.93. The van der Waals surface area contributed by atoms with E-state index >= 15 is 0 Å². The number of hydrogen-bond acceptors (Lipinski definition) is 2. The molecule has 0 aliphatic rings. The number of rotatable bonds is 3. The van der Waals surface area contributed by atoms with E-state index in [9.17, 15) is 4.79 Å². The highest BCUT2D eigenvalue weighted by Crippen LogP contribution is 2.24. The molecule has 1 aromatic carbocycles. The molecule has 0 saturated carbocycles. The molecule has 0 aliphatic carbocycles. The molecule has 1 aromatic rings. The molecule has 0 heterocycles. The molecule has 1 rings (SSSR count). The first kappa shape index (κ1) is 9.81. The molecular weight excluding hydrogens is 236 g/mol. The fourth-order valence-electron chi connectivity index (χ4n) is 0.783. The van der Waals surface area contributed by atoms with Crippen molar-refractivity contribution >= 4 is 34.0 Å². The van der Waals surface area contributed by atoms with Crippen LogP contribution in [-0.4, -0.2) is 11.5 Å². The average Bonchev–Trinajstić information content (AvgIpc) is 2.04. The molecule has 0 saturated heterocycles. The van der Waals surface area contributed by atoms with Crippen molar-refractivity contribution in [2.45, 2.75) is 17.1 Å². The molecule has 3 heteroatoms. The minimum atomic E-state index is 0.0271. The summed E-state index contributed by atoms with van der Waals surface area (Å²) in [7, 11) is 0. The third-order valence-corrected chi connectivity index (χ3v) is 2.81. The van der Waals surface area contributed by atoms with Gasteiger partial charge >= 0.3 is 0 Å². The third kappa shape index (κ3) is 2.99. The van der Waals surface area contributed by atoms with E-state index < -0.39 is 0 Å². The first-order valence-electron chi connectivity index (χ1n) is 3.60. The van der Waals surface area contributed by atoms with Crippen LogP contribution in [-0.2, 0) is 4.79 Å². The van der Waals surface area contributed by atoms with E-state index in [1.54, 1.807) is 11.8 Å². The lowest BCUT2D eigenvalue weighted by Crippen LogP contribution is -1.95. The number of thioether (sulfide) groups is 1. The van der Waals surface area contributed by atoms with Crippen LogP contribution < -0.4 is 0 Å². The standard InChI is InChI=1S/C9H9BrOS/c1-7(6-11)12-9-4-2-3-8(10)5-9/h2-7H,1H3. The van der Waals surface area contributed by atoms with Gasteiger partial charge in [-0.1, -0.05) is 22.0 Å². The SMILES string of the molecule is CC(C=O)Sc1cccc(Br)c1. The smallest absolute Gasteiger partial charge is 0.133 e. The maximum atomic E-state index is 10.4. The summed E-state index contributed by atoms with van der Waals surface area (Å²) in [4.78, 5) is 11.5. The van der Waals surface area contributed by atoms with Gasteiger partial charge in [0.05, 0.1) is 5.25 Å². The summed E-state index contributed by atoms with van der Waals surface area (Å²) in [6.45, 7) is 1.89. The van der Waals surface area contributed by atoms with Gasteiger partial charge in [-0.25, -0.2) is 0 Å². The normalized spacial score (nSPS) is 12.5. The van der Waals surface area contributed by atoms with Gasteiger partial charge in [-0.3, -0.25) is 0 Å². The van der Waals surface area contributed by atoms with E-state index in [0.717, 1.165) is 15.7 Å². The molecule has 64 valence electrons. The Morgan fingerprint density at radius 2 is 2.33 bits per heavy atom. The molecule has 1 nitrogen and oxygen atoms in total. The fourth-order valence-corrected chi connectivity index (χ4v) is 2.17. The zero-order valence-electron chi connectivity index (χ0n) is 6.66. The maximum Gasteiger partial charge on any atom is 0.133 e. The first-order valence-corrected chi connectivity index (χ1v) is 5.27. The van der Waals surface area contributed by atoms with E-state index in [1.807, 2.05) is 31.2 Å². The number of benzene rings is 1. The lowest BCUT2D eigenvalue weighted by molar-refractivity contribution is -0.107. The van der Waals surface area contributed by atoms with Gasteiger partial charge in [0, 0.05) is 9.37 Å². The van der Waals surface area contributed by atoms with Crippen LogP contribution in [0.25, 0.3) is 0 Å². The Morgan fingerprint density at radius 1 is 1.58 bits per heavy atom. The minimum absolute atomic E-state index is 0.0271. The zero-order chi connectivity index (χ0) is 8.97. The number of aldehydes is 1. The molecular formula is C9H9BrOS. The summed E-state index contributed by atoms with van der Waals surface area (Å²) in [5, 5.41) is 0.0271. The van der Waals surface area contributed by atoms with E-state index in [2.05, 4.69) is 15.9 Å². The molecule has 1 unspecified atom stereocenters. The van der Waals surface area contributed by atoms with Crippen LogP contribution in [0.3, 0.4) is 0 Å². The van der Waals surface area contributed by atoms with Crippen LogP contribution in [0.4, 0.5) is 0 Å². The number of carbonyl (C=O) groups excluding carboxylic acids is 1.